The summed E-state index contributed by atoms with van der Waals surface area (Å²) in [6, 6.07) is 12.0. The van der Waals surface area contributed by atoms with Crippen molar-refractivity contribution < 1.29 is 27.7 Å². The Hall–Kier alpha value is -3.82. The van der Waals surface area contributed by atoms with Crippen molar-refractivity contribution in [3.05, 3.63) is 64.2 Å². The van der Waals surface area contributed by atoms with E-state index in [4.69, 9.17) is 5.26 Å². The molecule has 2 aromatic rings. The third-order valence-corrected chi connectivity index (χ3v) is 4.81. The monoisotopic (exact) mass is 418 g/mol. The molecule has 11 nitrogen and oxygen atoms in total. The first kappa shape index (κ1) is 21.5. The topological polar surface area (TPSA) is 168 Å². The summed E-state index contributed by atoms with van der Waals surface area (Å²) in [7, 11) is -4.04. The lowest BCUT2D eigenvalue weighted by Gasteiger charge is -2.08. The smallest absolute Gasteiger partial charge is 0.321 e. The molecule has 2 aromatic carbocycles. The first-order valence-electron chi connectivity index (χ1n) is 7.91. The fourth-order valence-corrected chi connectivity index (χ4v) is 3.05. The number of amides is 1. The number of nitrogens with zero attached hydrogens (tertiary/aromatic N) is 2. The van der Waals surface area contributed by atoms with E-state index in [0.29, 0.717) is 0 Å². The highest BCUT2D eigenvalue weighted by Crippen LogP contribution is 2.15. The molecule has 0 aliphatic rings. The molecule has 0 unspecified atom stereocenters. The van der Waals surface area contributed by atoms with Crippen molar-refractivity contribution in [3.63, 3.8) is 0 Å². The number of carbonyl (C=O) groups excluding carboxylic acids is 2. The van der Waals surface area contributed by atoms with Gasteiger partial charge in [0.05, 0.1) is 21.5 Å². The average molecular weight is 418 g/mol. The van der Waals surface area contributed by atoms with Gasteiger partial charge in [-0.15, -0.1) is 0 Å². The molecule has 2 rings (SSSR count). The zero-order valence-corrected chi connectivity index (χ0v) is 15.5. The van der Waals surface area contributed by atoms with Crippen LogP contribution in [-0.4, -0.2) is 38.4 Å². The Kier molecular flexibility index (Phi) is 6.96. The molecule has 0 aromatic heterocycles. The minimum Gasteiger partial charge on any atom is -0.455 e. The van der Waals surface area contributed by atoms with Crippen LogP contribution in [0.1, 0.15) is 5.56 Å². The number of hydrogen-bond acceptors (Lipinski definition) is 8. The van der Waals surface area contributed by atoms with E-state index >= 15 is 0 Å². The molecule has 0 atom stereocenters. The maximum atomic E-state index is 12.1. The van der Waals surface area contributed by atoms with Gasteiger partial charge in [0, 0.05) is 17.8 Å². The number of nitro groups is 1. The number of nitro benzene ring substituents is 1. The summed E-state index contributed by atoms with van der Waals surface area (Å²) in [6.45, 7) is -1.40. The lowest BCUT2D eigenvalue weighted by atomic mass is 10.2. The van der Waals surface area contributed by atoms with Gasteiger partial charge in [-0.05, 0) is 30.3 Å². The van der Waals surface area contributed by atoms with Crippen LogP contribution in [-0.2, 0) is 24.3 Å². The molecule has 0 spiro atoms. The predicted molar refractivity (Wildman–Crippen MR) is 99.0 cm³/mol. The molecular weight excluding hydrogens is 404 g/mol. The molecule has 0 bridgehead atoms. The molecule has 0 heterocycles. The molecule has 0 saturated heterocycles. The van der Waals surface area contributed by atoms with Crippen LogP contribution in [0, 0.1) is 21.4 Å². The Labute approximate surface area is 165 Å². The maximum Gasteiger partial charge on any atom is 0.321 e. The summed E-state index contributed by atoms with van der Waals surface area (Å²) < 4.78 is 30.9. The van der Waals surface area contributed by atoms with Gasteiger partial charge in [0.2, 0.25) is 10.0 Å². The van der Waals surface area contributed by atoms with Crippen LogP contribution in [0.5, 0.6) is 0 Å². The summed E-state index contributed by atoms with van der Waals surface area (Å²) >= 11 is 0. The normalized spacial score (nSPS) is 10.6. The molecule has 0 fully saturated rings. The van der Waals surface area contributed by atoms with Crippen LogP contribution < -0.4 is 10.0 Å². The number of benzene rings is 2. The lowest BCUT2D eigenvalue weighted by Crippen LogP contribution is -2.32. The Balaban J connectivity index is 1.82. The highest BCUT2D eigenvalue weighted by atomic mass is 32.2. The lowest BCUT2D eigenvalue weighted by molar-refractivity contribution is -0.384. The summed E-state index contributed by atoms with van der Waals surface area (Å²) in [4.78, 5) is 33.2. The van der Waals surface area contributed by atoms with Crippen LogP contribution in [0.2, 0.25) is 0 Å². The van der Waals surface area contributed by atoms with E-state index < -0.39 is 40.0 Å². The van der Waals surface area contributed by atoms with E-state index in [1.54, 1.807) is 6.07 Å². The molecule has 0 saturated carbocycles. The quantitative estimate of drug-likeness (QED) is 0.362. The fraction of sp³-hybridized carbons (Fsp3) is 0.118. The number of nitrogens with one attached hydrogen (secondary N) is 2. The standard InChI is InChI=1S/C17H14N4O7S/c18-9-12-2-1-3-15(8-12)29(26,27)19-10-17(23)28-11-16(22)20-13-4-6-14(7-5-13)21(24)25/h1-8,19H,10-11H2,(H,20,22). The Morgan fingerprint density at radius 3 is 2.48 bits per heavy atom. The van der Waals surface area contributed by atoms with Crippen molar-refractivity contribution in [1.29, 1.82) is 5.26 Å². The number of anilines is 1. The Morgan fingerprint density at radius 2 is 1.86 bits per heavy atom. The summed E-state index contributed by atoms with van der Waals surface area (Å²) in [5, 5.41) is 21.7. The van der Waals surface area contributed by atoms with Gasteiger partial charge in [0.1, 0.15) is 6.54 Å². The number of rotatable bonds is 8. The zero-order chi connectivity index (χ0) is 21.4. The van der Waals surface area contributed by atoms with E-state index in [0.717, 1.165) is 6.07 Å². The van der Waals surface area contributed by atoms with Crippen LogP contribution in [0.15, 0.2) is 53.4 Å². The van der Waals surface area contributed by atoms with E-state index in [2.05, 4.69) is 10.1 Å². The molecular formula is C17H14N4O7S. The van der Waals surface area contributed by atoms with Gasteiger partial charge in [0.15, 0.2) is 6.61 Å². The SMILES string of the molecule is N#Cc1cccc(S(=O)(=O)NCC(=O)OCC(=O)Nc2ccc([N+](=O)[O-])cc2)c1. The number of hydrogen-bond donors (Lipinski definition) is 2. The van der Waals surface area contributed by atoms with Crippen molar-refractivity contribution in [2.24, 2.45) is 0 Å². The molecule has 150 valence electrons. The van der Waals surface area contributed by atoms with Crippen molar-refractivity contribution in [1.82, 2.24) is 4.72 Å². The van der Waals surface area contributed by atoms with Gasteiger partial charge < -0.3 is 10.1 Å². The van der Waals surface area contributed by atoms with E-state index in [1.165, 1.54) is 42.5 Å². The Bertz CT molecular complexity index is 1080. The third-order valence-electron chi connectivity index (χ3n) is 3.41. The molecule has 12 heteroatoms. The fourth-order valence-electron chi connectivity index (χ4n) is 2.03. The summed E-state index contributed by atoms with van der Waals surface area (Å²) in [5.74, 6) is -1.71. The molecule has 0 aliphatic carbocycles. The van der Waals surface area contributed by atoms with Gasteiger partial charge in [0.25, 0.3) is 11.6 Å². The average Bonchev–Trinajstić information content (AvgIpc) is 2.71. The first-order valence-corrected chi connectivity index (χ1v) is 9.39. The minimum absolute atomic E-state index is 0.137. The predicted octanol–water partition coefficient (Wildman–Crippen LogP) is 0.927. The van der Waals surface area contributed by atoms with Crippen molar-refractivity contribution >= 4 is 33.3 Å². The number of esters is 1. The first-order chi connectivity index (χ1) is 13.7. The second-order valence-corrected chi connectivity index (χ2v) is 7.24. The van der Waals surface area contributed by atoms with Crippen molar-refractivity contribution in [2.75, 3.05) is 18.5 Å². The van der Waals surface area contributed by atoms with E-state index in [1.807, 2.05) is 4.72 Å². The maximum absolute atomic E-state index is 12.1. The van der Waals surface area contributed by atoms with Gasteiger partial charge >= 0.3 is 5.97 Å². The number of nitriles is 1. The minimum atomic E-state index is -4.04. The number of sulfonamides is 1. The summed E-state index contributed by atoms with van der Waals surface area (Å²) in [6.07, 6.45) is 0. The largest absolute Gasteiger partial charge is 0.455 e. The van der Waals surface area contributed by atoms with Gasteiger partial charge in [-0.25, -0.2) is 8.42 Å². The number of ether oxygens (including phenoxy) is 1. The second kappa shape index (κ2) is 9.40. The second-order valence-electron chi connectivity index (χ2n) is 5.48. The third kappa shape index (κ3) is 6.38. The number of non-ortho nitro benzene ring substituents is 1. The molecule has 29 heavy (non-hydrogen) atoms. The van der Waals surface area contributed by atoms with E-state index in [-0.39, 0.29) is 21.8 Å². The van der Waals surface area contributed by atoms with Crippen molar-refractivity contribution in [2.45, 2.75) is 4.90 Å². The molecule has 2 N–H and O–H groups in total. The van der Waals surface area contributed by atoms with Crippen molar-refractivity contribution in [3.8, 4) is 6.07 Å². The van der Waals surface area contributed by atoms with Crippen LogP contribution in [0.3, 0.4) is 0 Å². The van der Waals surface area contributed by atoms with E-state index in [9.17, 15) is 28.1 Å². The summed E-state index contributed by atoms with van der Waals surface area (Å²) in [5.41, 5.74) is 0.245. The number of carbonyl (C=O) groups is 2. The van der Waals surface area contributed by atoms with Gasteiger partial charge in [-0.1, -0.05) is 6.07 Å². The Morgan fingerprint density at radius 1 is 1.17 bits per heavy atom. The van der Waals surface area contributed by atoms with Crippen LogP contribution in [0.25, 0.3) is 0 Å². The highest BCUT2D eigenvalue weighted by molar-refractivity contribution is 7.89. The highest BCUT2D eigenvalue weighted by Gasteiger charge is 2.17. The molecule has 1 amide bonds. The molecule has 0 radical (unpaired) electrons. The molecule has 0 aliphatic heterocycles. The van der Waals surface area contributed by atoms with Crippen LogP contribution >= 0.6 is 0 Å². The van der Waals surface area contributed by atoms with Gasteiger partial charge in [-0.3, -0.25) is 19.7 Å². The van der Waals surface area contributed by atoms with Crippen LogP contribution in [0.4, 0.5) is 11.4 Å². The zero-order valence-electron chi connectivity index (χ0n) is 14.7. The van der Waals surface area contributed by atoms with Gasteiger partial charge in [-0.2, -0.15) is 9.98 Å².